The van der Waals surface area contributed by atoms with E-state index in [0.29, 0.717) is 6.04 Å². The molecule has 0 bridgehead atoms. The third-order valence-corrected chi connectivity index (χ3v) is 6.04. The average Bonchev–Trinajstić information content (AvgIpc) is 2.64. The maximum absolute atomic E-state index is 5.96. The molecule has 0 aliphatic carbocycles. The van der Waals surface area contributed by atoms with Crippen LogP contribution in [0.3, 0.4) is 0 Å². The molecule has 6 heteroatoms. The van der Waals surface area contributed by atoms with Crippen molar-refractivity contribution in [2.75, 3.05) is 33.6 Å². The van der Waals surface area contributed by atoms with Crippen molar-refractivity contribution in [3.63, 3.8) is 0 Å². The Morgan fingerprint density at radius 1 is 1.12 bits per heavy atom. The summed E-state index contributed by atoms with van der Waals surface area (Å²) in [5.74, 6) is 2.69. The van der Waals surface area contributed by atoms with Gasteiger partial charge in [-0.3, -0.25) is 4.90 Å². The fourth-order valence-corrected chi connectivity index (χ4v) is 4.38. The first-order valence-electron chi connectivity index (χ1n) is 8.45. The van der Waals surface area contributed by atoms with Crippen molar-refractivity contribution in [2.45, 2.75) is 23.8 Å². The molecule has 142 valence electrons. The van der Waals surface area contributed by atoms with Crippen LogP contribution in [-0.2, 0) is 6.42 Å². The SMILES string of the molecule is COc1cc2c(cc1OC)C(CCSc1ccc(Cl)cc1)N(C)CC2.Cl. The van der Waals surface area contributed by atoms with Gasteiger partial charge in [-0.05, 0) is 73.2 Å². The predicted molar refractivity (Wildman–Crippen MR) is 113 cm³/mol. The second-order valence-electron chi connectivity index (χ2n) is 6.24. The lowest BCUT2D eigenvalue weighted by Gasteiger charge is -2.35. The van der Waals surface area contributed by atoms with Crippen LogP contribution in [0.25, 0.3) is 0 Å². The topological polar surface area (TPSA) is 21.7 Å². The van der Waals surface area contributed by atoms with Crippen LogP contribution in [0.5, 0.6) is 11.5 Å². The van der Waals surface area contributed by atoms with Gasteiger partial charge in [-0.25, -0.2) is 0 Å². The van der Waals surface area contributed by atoms with Crippen LogP contribution in [-0.4, -0.2) is 38.5 Å². The molecule has 0 saturated heterocycles. The van der Waals surface area contributed by atoms with Crippen LogP contribution in [0.2, 0.25) is 5.02 Å². The highest BCUT2D eigenvalue weighted by molar-refractivity contribution is 7.99. The second kappa shape index (κ2) is 9.75. The summed E-state index contributed by atoms with van der Waals surface area (Å²) in [5, 5.41) is 0.784. The van der Waals surface area contributed by atoms with Gasteiger partial charge in [0.25, 0.3) is 0 Å². The van der Waals surface area contributed by atoms with E-state index in [-0.39, 0.29) is 12.4 Å². The number of thioether (sulfide) groups is 1. The summed E-state index contributed by atoms with van der Waals surface area (Å²) >= 11 is 7.83. The van der Waals surface area contributed by atoms with Crippen LogP contribution >= 0.6 is 35.8 Å². The first kappa shape index (κ1) is 21.2. The predicted octanol–water partition coefficient (Wildman–Crippen LogP) is 5.49. The molecular formula is C20H25Cl2NO2S. The Morgan fingerprint density at radius 2 is 1.77 bits per heavy atom. The zero-order valence-corrected chi connectivity index (χ0v) is 17.7. The van der Waals surface area contributed by atoms with Gasteiger partial charge in [0.2, 0.25) is 0 Å². The number of nitrogens with zero attached hydrogens (tertiary/aromatic N) is 1. The highest BCUT2D eigenvalue weighted by Gasteiger charge is 2.26. The third kappa shape index (κ3) is 4.80. The van der Waals surface area contributed by atoms with Gasteiger partial charge in [-0.15, -0.1) is 24.2 Å². The van der Waals surface area contributed by atoms with Gasteiger partial charge in [0, 0.05) is 22.5 Å². The maximum Gasteiger partial charge on any atom is 0.161 e. The average molecular weight is 414 g/mol. The maximum atomic E-state index is 5.96. The Hall–Kier alpha value is -1.07. The minimum Gasteiger partial charge on any atom is -0.493 e. The molecular weight excluding hydrogens is 389 g/mol. The number of hydrogen-bond donors (Lipinski definition) is 0. The molecule has 0 aromatic heterocycles. The molecule has 2 aromatic carbocycles. The third-order valence-electron chi connectivity index (χ3n) is 4.74. The molecule has 26 heavy (non-hydrogen) atoms. The van der Waals surface area contributed by atoms with E-state index in [1.54, 1.807) is 14.2 Å². The number of rotatable bonds is 6. The summed E-state index contributed by atoms with van der Waals surface area (Å²) in [5.41, 5.74) is 2.74. The molecule has 1 heterocycles. The van der Waals surface area contributed by atoms with E-state index >= 15 is 0 Å². The van der Waals surface area contributed by atoms with Gasteiger partial charge in [-0.1, -0.05) is 11.6 Å². The summed E-state index contributed by atoms with van der Waals surface area (Å²) in [6, 6.07) is 12.8. The smallest absolute Gasteiger partial charge is 0.161 e. The Kier molecular flexibility index (Phi) is 7.96. The van der Waals surface area contributed by atoms with E-state index in [9.17, 15) is 0 Å². The number of ether oxygens (including phenoxy) is 2. The van der Waals surface area contributed by atoms with Gasteiger partial charge in [0.1, 0.15) is 0 Å². The van der Waals surface area contributed by atoms with Gasteiger partial charge in [0.05, 0.1) is 14.2 Å². The summed E-state index contributed by atoms with van der Waals surface area (Å²) < 4.78 is 11.0. The Morgan fingerprint density at radius 3 is 2.42 bits per heavy atom. The number of halogens is 2. The van der Waals surface area contributed by atoms with Crippen molar-refractivity contribution in [1.29, 1.82) is 0 Å². The number of benzene rings is 2. The summed E-state index contributed by atoms with van der Waals surface area (Å²) in [7, 11) is 5.60. The number of likely N-dealkylation sites (N-methyl/N-ethyl adjacent to an activating group) is 1. The molecule has 1 atom stereocenters. The monoisotopic (exact) mass is 413 g/mol. The molecule has 0 spiro atoms. The molecule has 0 amide bonds. The van der Waals surface area contributed by atoms with E-state index in [1.807, 2.05) is 23.9 Å². The van der Waals surface area contributed by atoms with Crippen molar-refractivity contribution >= 4 is 35.8 Å². The molecule has 2 aromatic rings. The van der Waals surface area contributed by atoms with Crippen LogP contribution in [0.1, 0.15) is 23.6 Å². The molecule has 0 N–H and O–H groups in total. The molecule has 1 aliphatic rings. The van der Waals surface area contributed by atoms with E-state index in [2.05, 4.69) is 36.2 Å². The first-order valence-corrected chi connectivity index (χ1v) is 9.82. The number of hydrogen-bond acceptors (Lipinski definition) is 4. The van der Waals surface area contributed by atoms with Crippen LogP contribution in [0, 0.1) is 0 Å². The van der Waals surface area contributed by atoms with Gasteiger partial charge in [-0.2, -0.15) is 0 Å². The fourth-order valence-electron chi connectivity index (χ4n) is 3.35. The summed E-state index contributed by atoms with van der Waals surface area (Å²) in [4.78, 5) is 3.70. The van der Waals surface area contributed by atoms with Crippen LogP contribution in [0.15, 0.2) is 41.3 Å². The first-order chi connectivity index (χ1) is 12.1. The van der Waals surface area contributed by atoms with E-state index in [4.69, 9.17) is 21.1 Å². The fraction of sp³-hybridized carbons (Fsp3) is 0.400. The highest BCUT2D eigenvalue weighted by Crippen LogP contribution is 2.39. The van der Waals surface area contributed by atoms with Crippen molar-refractivity contribution in [2.24, 2.45) is 0 Å². The molecule has 3 nitrogen and oxygen atoms in total. The zero-order chi connectivity index (χ0) is 17.8. The van der Waals surface area contributed by atoms with Crippen molar-refractivity contribution in [3.05, 3.63) is 52.5 Å². The highest BCUT2D eigenvalue weighted by atomic mass is 35.5. The minimum atomic E-state index is 0. The van der Waals surface area contributed by atoms with E-state index < -0.39 is 0 Å². The molecule has 0 fully saturated rings. The van der Waals surface area contributed by atoms with Crippen LogP contribution in [0.4, 0.5) is 0 Å². The second-order valence-corrected chi connectivity index (χ2v) is 7.85. The van der Waals surface area contributed by atoms with Gasteiger partial charge >= 0.3 is 0 Å². The Balaban J connectivity index is 0.00000243. The lowest BCUT2D eigenvalue weighted by Crippen LogP contribution is -2.32. The zero-order valence-electron chi connectivity index (χ0n) is 15.3. The van der Waals surface area contributed by atoms with Crippen molar-refractivity contribution in [1.82, 2.24) is 4.90 Å². The summed E-state index contributed by atoms with van der Waals surface area (Å²) in [6.45, 7) is 1.07. The molecule has 3 rings (SSSR count). The van der Waals surface area contributed by atoms with Crippen molar-refractivity contribution in [3.8, 4) is 11.5 Å². The normalized spacial score (nSPS) is 16.5. The van der Waals surface area contributed by atoms with E-state index in [0.717, 1.165) is 41.7 Å². The largest absolute Gasteiger partial charge is 0.493 e. The minimum absolute atomic E-state index is 0. The van der Waals surface area contributed by atoms with E-state index in [1.165, 1.54) is 16.0 Å². The Labute approximate surface area is 171 Å². The summed E-state index contributed by atoms with van der Waals surface area (Å²) in [6.07, 6.45) is 2.14. The van der Waals surface area contributed by atoms with Crippen LogP contribution < -0.4 is 9.47 Å². The molecule has 0 saturated carbocycles. The molecule has 1 unspecified atom stereocenters. The lowest BCUT2D eigenvalue weighted by atomic mass is 9.91. The Bertz CT molecular complexity index is 724. The number of methoxy groups -OCH3 is 2. The molecule has 0 radical (unpaired) electrons. The quantitative estimate of drug-likeness (QED) is 0.583. The van der Waals surface area contributed by atoms with Gasteiger partial charge in [0.15, 0.2) is 11.5 Å². The number of fused-ring (bicyclic) bond motifs is 1. The van der Waals surface area contributed by atoms with Gasteiger partial charge < -0.3 is 9.47 Å². The standard InChI is InChI=1S/C20H24ClNO2S.ClH/c1-22-10-8-14-12-19(23-2)20(24-3)13-17(14)18(22)9-11-25-16-6-4-15(21)5-7-16;/h4-7,12-13,18H,8-11H2,1-3H3;1H. The molecule has 1 aliphatic heterocycles. The lowest BCUT2D eigenvalue weighted by molar-refractivity contribution is 0.225. The van der Waals surface area contributed by atoms with Crippen molar-refractivity contribution < 1.29 is 9.47 Å².